The normalized spacial score (nSPS) is 14.5. The van der Waals surface area contributed by atoms with Crippen molar-refractivity contribution in [2.24, 2.45) is 0 Å². The molecule has 0 aromatic heterocycles. The number of hydrogen-bond donors (Lipinski definition) is 0. The molecule has 0 atom stereocenters. The quantitative estimate of drug-likeness (QED) is 0.153. The van der Waals surface area contributed by atoms with E-state index in [2.05, 4.69) is 22.5 Å². The molecule has 3 aromatic carbocycles. The number of hydrogen-bond acceptors (Lipinski definition) is 5. The van der Waals surface area contributed by atoms with Crippen LogP contribution in [-0.4, -0.2) is 17.3 Å². The predicted molar refractivity (Wildman–Crippen MR) is 152 cm³/mol. The number of nitrogens with zero attached hydrogens (tertiary/aromatic N) is 1. The lowest BCUT2D eigenvalue weighted by Gasteiger charge is -2.16. The van der Waals surface area contributed by atoms with Gasteiger partial charge in [0.15, 0.2) is 15.8 Å². The summed E-state index contributed by atoms with van der Waals surface area (Å²) in [5, 5.41) is 0.675. The fourth-order valence-electron chi connectivity index (χ4n) is 3.56. The van der Waals surface area contributed by atoms with Crippen molar-refractivity contribution in [3.8, 4) is 11.5 Å². The Hall–Kier alpha value is -2.58. The maximum absolute atomic E-state index is 13.2. The number of thiocarbonyl (C=S) groups is 1. The van der Waals surface area contributed by atoms with Gasteiger partial charge in [-0.1, -0.05) is 69.7 Å². The van der Waals surface area contributed by atoms with Gasteiger partial charge in [0, 0.05) is 15.1 Å². The Morgan fingerprint density at radius 3 is 2.51 bits per heavy atom. The van der Waals surface area contributed by atoms with Crippen molar-refractivity contribution in [1.29, 1.82) is 0 Å². The summed E-state index contributed by atoms with van der Waals surface area (Å²) < 4.78 is 13.2. The van der Waals surface area contributed by atoms with E-state index in [0.29, 0.717) is 38.8 Å². The molecule has 1 amide bonds. The fourth-order valence-corrected chi connectivity index (χ4v) is 5.25. The van der Waals surface area contributed by atoms with E-state index in [1.165, 1.54) is 11.8 Å². The average Bonchev–Trinajstić information content (AvgIpc) is 3.12. The van der Waals surface area contributed by atoms with Crippen LogP contribution in [0.15, 0.2) is 82.7 Å². The van der Waals surface area contributed by atoms with E-state index in [1.807, 2.05) is 66.7 Å². The van der Waals surface area contributed by atoms with Crippen molar-refractivity contribution in [3.05, 3.63) is 104 Å². The van der Waals surface area contributed by atoms with E-state index in [1.54, 1.807) is 18.1 Å². The maximum Gasteiger partial charge on any atom is 0.270 e. The topological polar surface area (TPSA) is 38.8 Å². The largest absolute Gasteiger partial charge is 0.493 e. The van der Waals surface area contributed by atoms with Crippen molar-refractivity contribution in [2.45, 2.75) is 13.0 Å². The molecule has 1 heterocycles. The number of amides is 1. The molecule has 0 N–H and O–H groups in total. The SMILES string of the molecule is C=CCc1cc(/C=C2\SC(=S)N(c3ccc(Br)cc3)C2=O)cc(OC)c1OCc1ccc(Cl)cc1. The van der Waals surface area contributed by atoms with Gasteiger partial charge < -0.3 is 9.47 Å². The average molecular weight is 587 g/mol. The fraction of sp³-hybridized carbons (Fsp3) is 0.111. The zero-order valence-corrected chi connectivity index (χ0v) is 22.8. The monoisotopic (exact) mass is 585 g/mol. The van der Waals surface area contributed by atoms with Crippen LogP contribution in [0.4, 0.5) is 5.69 Å². The second kappa shape index (κ2) is 11.4. The Labute approximate surface area is 227 Å². The zero-order valence-electron chi connectivity index (χ0n) is 18.8. The molecule has 178 valence electrons. The molecule has 4 nitrogen and oxygen atoms in total. The van der Waals surface area contributed by atoms with E-state index in [0.717, 1.165) is 26.9 Å². The molecule has 1 aliphatic rings. The summed E-state index contributed by atoms with van der Waals surface area (Å²) in [7, 11) is 1.60. The highest BCUT2D eigenvalue weighted by Gasteiger charge is 2.33. The van der Waals surface area contributed by atoms with E-state index in [9.17, 15) is 4.79 Å². The van der Waals surface area contributed by atoms with Gasteiger partial charge in [-0.2, -0.15) is 0 Å². The summed E-state index contributed by atoms with van der Waals surface area (Å²) in [6.45, 7) is 4.24. The molecule has 0 bridgehead atoms. The summed E-state index contributed by atoms with van der Waals surface area (Å²) in [6.07, 6.45) is 4.21. The minimum atomic E-state index is -0.158. The number of halogens is 2. The van der Waals surface area contributed by atoms with Gasteiger partial charge in [0.1, 0.15) is 6.61 Å². The van der Waals surface area contributed by atoms with Crippen molar-refractivity contribution in [2.75, 3.05) is 12.0 Å². The number of carbonyl (C=O) groups excluding carboxylic acids is 1. The first-order chi connectivity index (χ1) is 16.9. The van der Waals surface area contributed by atoms with Gasteiger partial charge in [0.05, 0.1) is 17.7 Å². The molecule has 35 heavy (non-hydrogen) atoms. The Morgan fingerprint density at radius 1 is 1.14 bits per heavy atom. The highest BCUT2D eigenvalue weighted by Crippen LogP contribution is 2.39. The summed E-state index contributed by atoms with van der Waals surface area (Å²) in [5.41, 5.74) is 3.44. The Balaban J connectivity index is 1.63. The third-order valence-electron chi connectivity index (χ3n) is 5.21. The standard InChI is InChI=1S/C27H21BrClNO3S2/c1-3-4-19-13-18(14-23(32-2)25(19)33-16-17-5-9-21(29)10-6-17)15-24-26(31)30(27(34)35-24)22-11-7-20(28)8-12-22/h3,5-15H,1,4,16H2,2H3/b24-15-. The molecule has 0 saturated carbocycles. The maximum atomic E-state index is 13.2. The van der Waals surface area contributed by atoms with Crippen LogP contribution in [0.1, 0.15) is 16.7 Å². The molecule has 3 aromatic rings. The predicted octanol–water partition coefficient (Wildman–Crippen LogP) is 7.82. The third kappa shape index (κ3) is 5.98. The molecule has 0 unspecified atom stereocenters. The molecule has 1 aliphatic heterocycles. The molecule has 0 aliphatic carbocycles. The van der Waals surface area contributed by atoms with Gasteiger partial charge in [0.2, 0.25) is 0 Å². The second-order valence-electron chi connectivity index (χ2n) is 7.61. The number of thioether (sulfide) groups is 1. The van der Waals surface area contributed by atoms with Crippen molar-refractivity contribution in [3.63, 3.8) is 0 Å². The number of methoxy groups -OCH3 is 1. The van der Waals surface area contributed by atoms with E-state index < -0.39 is 0 Å². The van der Waals surface area contributed by atoms with E-state index in [-0.39, 0.29) is 5.91 Å². The van der Waals surface area contributed by atoms with Crippen molar-refractivity contribution >= 4 is 73.5 Å². The minimum absolute atomic E-state index is 0.158. The number of carbonyl (C=O) groups is 1. The Morgan fingerprint density at radius 2 is 1.86 bits per heavy atom. The zero-order chi connectivity index (χ0) is 24.9. The smallest absolute Gasteiger partial charge is 0.270 e. The van der Waals surface area contributed by atoms with Crippen LogP contribution in [0.3, 0.4) is 0 Å². The molecule has 1 saturated heterocycles. The number of benzene rings is 3. The molecule has 1 fully saturated rings. The van der Waals surface area contributed by atoms with E-state index >= 15 is 0 Å². The first-order valence-electron chi connectivity index (χ1n) is 10.6. The van der Waals surface area contributed by atoms with Gasteiger partial charge in [-0.05, 0) is 72.2 Å². The van der Waals surface area contributed by atoms with Crippen LogP contribution in [-0.2, 0) is 17.8 Å². The molecule has 4 rings (SSSR count). The van der Waals surface area contributed by atoms with Gasteiger partial charge in [-0.3, -0.25) is 9.69 Å². The van der Waals surface area contributed by atoms with Crippen molar-refractivity contribution in [1.82, 2.24) is 0 Å². The minimum Gasteiger partial charge on any atom is -0.493 e. The molecule has 8 heteroatoms. The Bertz CT molecular complexity index is 1310. The van der Waals surface area contributed by atoms with Crippen LogP contribution in [0, 0.1) is 0 Å². The highest BCUT2D eigenvalue weighted by atomic mass is 79.9. The molecular formula is C27H21BrClNO3S2. The van der Waals surface area contributed by atoms with E-state index in [4.69, 9.17) is 33.3 Å². The van der Waals surface area contributed by atoms with Crippen LogP contribution < -0.4 is 14.4 Å². The van der Waals surface area contributed by atoms with Gasteiger partial charge in [0.25, 0.3) is 5.91 Å². The first kappa shape index (κ1) is 25.5. The number of rotatable bonds is 8. The summed E-state index contributed by atoms with van der Waals surface area (Å²) in [4.78, 5) is 15.3. The Kier molecular flexibility index (Phi) is 8.34. The summed E-state index contributed by atoms with van der Waals surface area (Å²) >= 11 is 16.2. The lowest BCUT2D eigenvalue weighted by molar-refractivity contribution is -0.113. The lowest BCUT2D eigenvalue weighted by Crippen LogP contribution is -2.27. The number of anilines is 1. The third-order valence-corrected chi connectivity index (χ3v) is 7.29. The van der Waals surface area contributed by atoms with Crippen LogP contribution in [0.2, 0.25) is 5.02 Å². The van der Waals surface area contributed by atoms with Gasteiger partial charge in [-0.15, -0.1) is 6.58 Å². The second-order valence-corrected chi connectivity index (χ2v) is 10.6. The van der Waals surface area contributed by atoms with Gasteiger partial charge >= 0.3 is 0 Å². The lowest BCUT2D eigenvalue weighted by atomic mass is 10.0. The van der Waals surface area contributed by atoms with Crippen LogP contribution >= 0.6 is 51.5 Å². The van der Waals surface area contributed by atoms with Crippen LogP contribution in [0.5, 0.6) is 11.5 Å². The number of ether oxygens (including phenoxy) is 2. The molecule has 0 spiro atoms. The van der Waals surface area contributed by atoms with Crippen molar-refractivity contribution < 1.29 is 14.3 Å². The highest BCUT2D eigenvalue weighted by molar-refractivity contribution is 9.10. The first-order valence-corrected chi connectivity index (χ1v) is 13.0. The summed E-state index contributed by atoms with van der Waals surface area (Å²) in [6, 6.07) is 18.8. The number of allylic oxidation sites excluding steroid dienone is 1. The van der Waals surface area contributed by atoms with Crippen LogP contribution in [0.25, 0.3) is 6.08 Å². The molecular weight excluding hydrogens is 566 g/mol. The van der Waals surface area contributed by atoms with Gasteiger partial charge in [-0.25, -0.2) is 0 Å². The molecule has 0 radical (unpaired) electrons. The summed E-state index contributed by atoms with van der Waals surface area (Å²) in [5.74, 6) is 1.06.